The van der Waals surface area contributed by atoms with Crippen LogP contribution < -0.4 is 9.62 Å². The number of rotatable bonds is 5. The highest BCUT2D eigenvalue weighted by atomic mass is 32.2. The van der Waals surface area contributed by atoms with Gasteiger partial charge >= 0.3 is 0 Å². The van der Waals surface area contributed by atoms with Gasteiger partial charge in [0.15, 0.2) is 0 Å². The molecule has 0 fully saturated rings. The number of carbonyl (C=O) groups excluding carboxylic acids is 1. The van der Waals surface area contributed by atoms with Crippen molar-refractivity contribution in [3.05, 3.63) is 89.5 Å². The van der Waals surface area contributed by atoms with Crippen LogP contribution in [0, 0.1) is 0 Å². The van der Waals surface area contributed by atoms with Gasteiger partial charge in [0, 0.05) is 17.8 Å². The zero-order valence-electron chi connectivity index (χ0n) is 16.1. The van der Waals surface area contributed by atoms with Crippen molar-refractivity contribution in [2.45, 2.75) is 24.7 Å². The van der Waals surface area contributed by atoms with E-state index >= 15 is 0 Å². The Morgan fingerprint density at radius 2 is 1.79 bits per heavy atom. The fourth-order valence-corrected chi connectivity index (χ4v) is 5.10. The standard InChI is InChI=1S/C23H22N2O3S/c1-2-17-7-5-10-20(15-17)24-23(26)19-9-6-11-21(16-19)29(27,28)25-14-13-18-8-3-4-12-22(18)25/h3-12,15-16H,2,13-14H2,1H3,(H,24,26). The molecule has 4 rings (SSSR count). The summed E-state index contributed by atoms with van der Waals surface area (Å²) >= 11 is 0. The Morgan fingerprint density at radius 1 is 1.00 bits per heavy atom. The molecule has 0 spiro atoms. The third kappa shape index (κ3) is 3.76. The Balaban J connectivity index is 1.61. The van der Waals surface area contributed by atoms with Crippen LogP contribution in [0.1, 0.15) is 28.4 Å². The summed E-state index contributed by atoms with van der Waals surface area (Å²) in [6, 6.07) is 21.3. The topological polar surface area (TPSA) is 66.5 Å². The monoisotopic (exact) mass is 406 g/mol. The molecule has 1 amide bonds. The van der Waals surface area contributed by atoms with E-state index in [1.54, 1.807) is 12.1 Å². The molecule has 0 atom stereocenters. The Hall–Kier alpha value is -3.12. The molecule has 5 nitrogen and oxygen atoms in total. The first kappa shape index (κ1) is 19.2. The van der Waals surface area contributed by atoms with Crippen molar-refractivity contribution in [3.63, 3.8) is 0 Å². The molecule has 0 unspecified atom stereocenters. The number of anilines is 2. The van der Waals surface area contributed by atoms with E-state index in [9.17, 15) is 13.2 Å². The van der Waals surface area contributed by atoms with Gasteiger partial charge in [-0.05, 0) is 60.4 Å². The normalized spacial score (nSPS) is 13.2. The van der Waals surface area contributed by atoms with E-state index in [-0.39, 0.29) is 10.8 Å². The predicted molar refractivity (Wildman–Crippen MR) is 115 cm³/mol. The fraction of sp³-hybridized carbons (Fsp3) is 0.174. The number of nitrogens with one attached hydrogen (secondary N) is 1. The molecule has 1 heterocycles. The summed E-state index contributed by atoms with van der Waals surface area (Å²) in [7, 11) is -3.74. The maximum absolute atomic E-state index is 13.2. The van der Waals surface area contributed by atoms with Gasteiger partial charge in [0.1, 0.15) is 0 Å². The Labute approximate surface area is 171 Å². The number of benzene rings is 3. The van der Waals surface area contributed by atoms with Crippen molar-refractivity contribution in [2.75, 3.05) is 16.2 Å². The van der Waals surface area contributed by atoms with Crippen molar-refractivity contribution in [2.24, 2.45) is 0 Å². The summed E-state index contributed by atoms with van der Waals surface area (Å²) in [6.07, 6.45) is 1.55. The lowest BCUT2D eigenvalue weighted by atomic mass is 10.1. The third-order valence-corrected chi connectivity index (χ3v) is 6.93. The molecule has 1 N–H and O–H groups in total. The minimum Gasteiger partial charge on any atom is -0.322 e. The molecule has 3 aromatic rings. The van der Waals surface area contributed by atoms with Crippen LogP contribution in [0.3, 0.4) is 0 Å². The first-order chi connectivity index (χ1) is 14.0. The van der Waals surface area contributed by atoms with Crippen LogP contribution in [0.5, 0.6) is 0 Å². The van der Waals surface area contributed by atoms with Crippen LogP contribution >= 0.6 is 0 Å². The van der Waals surface area contributed by atoms with Gasteiger partial charge in [-0.15, -0.1) is 0 Å². The lowest BCUT2D eigenvalue weighted by Gasteiger charge is -2.20. The summed E-state index contributed by atoms with van der Waals surface area (Å²) in [5.41, 5.74) is 3.84. The van der Waals surface area contributed by atoms with Crippen molar-refractivity contribution in [1.82, 2.24) is 0 Å². The van der Waals surface area contributed by atoms with E-state index in [0.717, 1.165) is 17.5 Å². The van der Waals surface area contributed by atoms with Crippen molar-refractivity contribution in [3.8, 4) is 0 Å². The van der Waals surface area contributed by atoms with E-state index in [4.69, 9.17) is 0 Å². The molecular weight excluding hydrogens is 384 g/mol. The quantitative estimate of drug-likeness (QED) is 0.689. The summed E-state index contributed by atoms with van der Waals surface area (Å²) in [4.78, 5) is 12.8. The molecule has 0 bridgehead atoms. The van der Waals surface area contributed by atoms with Crippen LogP contribution in [0.15, 0.2) is 77.7 Å². The molecule has 1 aliphatic rings. The maximum atomic E-state index is 13.2. The maximum Gasteiger partial charge on any atom is 0.264 e. The van der Waals surface area contributed by atoms with Gasteiger partial charge in [-0.3, -0.25) is 9.10 Å². The van der Waals surface area contributed by atoms with Crippen molar-refractivity contribution < 1.29 is 13.2 Å². The van der Waals surface area contributed by atoms with Gasteiger partial charge in [-0.1, -0.05) is 43.3 Å². The van der Waals surface area contributed by atoms with E-state index in [0.29, 0.717) is 29.9 Å². The molecule has 0 saturated heterocycles. The largest absolute Gasteiger partial charge is 0.322 e. The van der Waals surface area contributed by atoms with Crippen LogP contribution in [0.4, 0.5) is 11.4 Å². The third-order valence-electron chi connectivity index (χ3n) is 5.12. The van der Waals surface area contributed by atoms with E-state index in [1.165, 1.54) is 16.4 Å². The summed E-state index contributed by atoms with van der Waals surface area (Å²) < 4.78 is 27.8. The zero-order valence-corrected chi connectivity index (χ0v) is 16.9. The fourth-order valence-electron chi connectivity index (χ4n) is 3.55. The lowest BCUT2D eigenvalue weighted by molar-refractivity contribution is 0.102. The first-order valence-electron chi connectivity index (χ1n) is 9.60. The Kier molecular flexibility index (Phi) is 5.11. The highest BCUT2D eigenvalue weighted by Crippen LogP contribution is 2.32. The van der Waals surface area contributed by atoms with Gasteiger partial charge in [-0.2, -0.15) is 0 Å². The number of nitrogens with zero attached hydrogens (tertiary/aromatic N) is 1. The number of carbonyl (C=O) groups is 1. The summed E-state index contributed by atoms with van der Waals surface area (Å²) in [5, 5.41) is 2.85. The molecule has 3 aromatic carbocycles. The lowest BCUT2D eigenvalue weighted by Crippen LogP contribution is -2.29. The van der Waals surface area contributed by atoms with E-state index < -0.39 is 10.0 Å². The highest BCUT2D eigenvalue weighted by Gasteiger charge is 2.30. The van der Waals surface area contributed by atoms with Crippen LogP contribution in [0.25, 0.3) is 0 Å². The van der Waals surface area contributed by atoms with Gasteiger partial charge in [0.05, 0.1) is 10.6 Å². The molecule has 29 heavy (non-hydrogen) atoms. The Bertz CT molecular complexity index is 1170. The van der Waals surface area contributed by atoms with E-state index in [1.807, 2.05) is 55.5 Å². The van der Waals surface area contributed by atoms with Gasteiger partial charge in [0.25, 0.3) is 15.9 Å². The first-order valence-corrected chi connectivity index (χ1v) is 11.0. The summed E-state index contributed by atoms with van der Waals surface area (Å²) in [6.45, 7) is 2.45. The van der Waals surface area contributed by atoms with Crippen LogP contribution in [0.2, 0.25) is 0 Å². The number of fused-ring (bicyclic) bond motifs is 1. The second kappa shape index (κ2) is 7.72. The average molecular weight is 407 g/mol. The molecule has 0 aliphatic carbocycles. The number of para-hydroxylation sites is 1. The van der Waals surface area contributed by atoms with Crippen LogP contribution in [-0.4, -0.2) is 20.9 Å². The Morgan fingerprint density at radius 3 is 2.62 bits per heavy atom. The number of aryl methyl sites for hydroxylation is 1. The smallest absolute Gasteiger partial charge is 0.264 e. The molecular formula is C23H22N2O3S. The number of hydrogen-bond donors (Lipinski definition) is 1. The van der Waals surface area contributed by atoms with E-state index in [2.05, 4.69) is 5.32 Å². The molecule has 148 valence electrons. The minimum absolute atomic E-state index is 0.115. The van der Waals surface area contributed by atoms with Crippen molar-refractivity contribution >= 4 is 27.3 Å². The van der Waals surface area contributed by atoms with Crippen molar-refractivity contribution in [1.29, 1.82) is 0 Å². The number of sulfonamides is 1. The summed E-state index contributed by atoms with van der Waals surface area (Å²) in [5.74, 6) is -0.336. The highest BCUT2D eigenvalue weighted by molar-refractivity contribution is 7.92. The molecule has 6 heteroatoms. The average Bonchev–Trinajstić information content (AvgIpc) is 3.19. The molecule has 1 aliphatic heterocycles. The molecule has 0 radical (unpaired) electrons. The molecule has 0 aromatic heterocycles. The molecule has 0 saturated carbocycles. The SMILES string of the molecule is CCc1cccc(NC(=O)c2cccc(S(=O)(=O)N3CCc4ccccc43)c2)c1. The zero-order chi connectivity index (χ0) is 20.4. The predicted octanol–water partition coefficient (Wildman–Crippen LogP) is 4.25. The second-order valence-electron chi connectivity index (χ2n) is 6.99. The minimum atomic E-state index is -3.74. The van der Waals surface area contributed by atoms with Gasteiger partial charge in [0.2, 0.25) is 0 Å². The second-order valence-corrected chi connectivity index (χ2v) is 8.85. The van der Waals surface area contributed by atoms with Crippen LogP contribution in [-0.2, 0) is 22.9 Å². The van der Waals surface area contributed by atoms with Gasteiger partial charge < -0.3 is 5.32 Å². The number of hydrogen-bond acceptors (Lipinski definition) is 3. The van der Waals surface area contributed by atoms with Gasteiger partial charge in [-0.25, -0.2) is 8.42 Å². The number of amides is 1.